The van der Waals surface area contributed by atoms with E-state index in [0.29, 0.717) is 18.4 Å². The Kier molecular flexibility index (Phi) is 3.50. The van der Waals surface area contributed by atoms with Crippen molar-refractivity contribution in [2.45, 2.75) is 51.4 Å². The number of hydrogen-bond acceptors (Lipinski definition) is 2. The minimum Gasteiger partial charge on any atom is -0.355 e. The van der Waals surface area contributed by atoms with Crippen LogP contribution < -0.4 is 5.32 Å². The van der Waals surface area contributed by atoms with E-state index in [-0.39, 0.29) is 17.7 Å². The number of piperidine rings is 1. The Labute approximate surface area is 114 Å². The van der Waals surface area contributed by atoms with Crippen LogP contribution in [0.5, 0.6) is 0 Å². The van der Waals surface area contributed by atoms with Crippen molar-refractivity contribution < 1.29 is 9.59 Å². The molecule has 1 aliphatic carbocycles. The molecule has 3 fully saturated rings. The molecule has 2 saturated heterocycles. The molecule has 2 amide bonds. The maximum atomic E-state index is 12.5. The van der Waals surface area contributed by atoms with Gasteiger partial charge in [0.15, 0.2) is 0 Å². The molecule has 3 aliphatic rings. The summed E-state index contributed by atoms with van der Waals surface area (Å²) in [6.45, 7) is 2.45. The molecule has 0 aromatic carbocycles. The first-order valence-corrected chi connectivity index (χ1v) is 7.74. The maximum absolute atomic E-state index is 12.5. The molecule has 4 nitrogen and oxygen atoms in total. The van der Waals surface area contributed by atoms with Gasteiger partial charge in [-0.15, -0.1) is 0 Å². The zero-order chi connectivity index (χ0) is 13.3. The van der Waals surface area contributed by atoms with E-state index in [2.05, 4.69) is 10.2 Å². The lowest BCUT2D eigenvalue weighted by molar-refractivity contribution is -0.137. The van der Waals surface area contributed by atoms with Crippen molar-refractivity contribution in [3.63, 3.8) is 0 Å². The Morgan fingerprint density at radius 3 is 2.68 bits per heavy atom. The normalized spacial score (nSPS) is 30.4. The van der Waals surface area contributed by atoms with Crippen LogP contribution in [0.4, 0.5) is 0 Å². The lowest BCUT2D eigenvalue weighted by Gasteiger charge is -2.34. The molecule has 1 saturated carbocycles. The summed E-state index contributed by atoms with van der Waals surface area (Å²) in [5.41, 5.74) is 0.436. The van der Waals surface area contributed by atoms with Crippen molar-refractivity contribution in [3.8, 4) is 0 Å². The van der Waals surface area contributed by atoms with Gasteiger partial charge < -0.3 is 10.2 Å². The summed E-state index contributed by atoms with van der Waals surface area (Å²) in [5.74, 6) is 0.396. The second kappa shape index (κ2) is 5.14. The van der Waals surface area contributed by atoms with Crippen LogP contribution in [0, 0.1) is 11.3 Å². The summed E-state index contributed by atoms with van der Waals surface area (Å²) < 4.78 is 0. The van der Waals surface area contributed by atoms with E-state index in [0.717, 1.165) is 19.5 Å². The number of rotatable bonds is 1. The minimum absolute atomic E-state index is 0.0245. The zero-order valence-electron chi connectivity index (χ0n) is 11.6. The van der Waals surface area contributed by atoms with Gasteiger partial charge in [-0.25, -0.2) is 0 Å². The lowest BCUT2D eigenvalue weighted by atomic mass is 9.73. The van der Waals surface area contributed by atoms with Gasteiger partial charge in [-0.2, -0.15) is 0 Å². The largest absolute Gasteiger partial charge is 0.355 e. The first-order chi connectivity index (χ1) is 9.19. The molecule has 19 heavy (non-hydrogen) atoms. The summed E-state index contributed by atoms with van der Waals surface area (Å²) in [6, 6.07) is 0. The third-order valence-corrected chi connectivity index (χ3v) is 5.28. The van der Waals surface area contributed by atoms with Crippen molar-refractivity contribution >= 4 is 11.8 Å². The Morgan fingerprint density at radius 2 is 2.00 bits per heavy atom. The molecular formula is C15H24N2O2. The highest BCUT2D eigenvalue weighted by Gasteiger charge is 2.42. The van der Waals surface area contributed by atoms with Gasteiger partial charge in [-0.1, -0.05) is 19.3 Å². The van der Waals surface area contributed by atoms with Gasteiger partial charge in [-0.3, -0.25) is 9.59 Å². The lowest BCUT2D eigenvalue weighted by Crippen LogP contribution is -2.44. The molecule has 0 aromatic rings. The number of nitrogens with zero attached hydrogens (tertiary/aromatic N) is 1. The van der Waals surface area contributed by atoms with Gasteiger partial charge in [-0.05, 0) is 31.1 Å². The van der Waals surface area contributed by atoms with Crippen molar-refractivity contribution in [3.05, 3.63) is 0 Å². The predicted octanol–water partition coefficient (Wildman–Crippen LogP) is 1.70. The monoisotopic (exact) mass is 264 g/mol. The smallest absolute Gasteiger partial charge is 0.227 e. The molecule has 1 N–H and O–H groups in total. The van der Waals surface area contributed by atoms with Crippen molar-refractivity contribution in [2.24, 2.45) is 11.3 Å². The van der Waals surface area contributed by atoms with E-state index in [4.69, 9.17) is 0 Å². The molecule has 3 rings (SSSR count). The van der Waals surface area contributed by atoms with Crippen LogP contribution in [0.15, 0.2) is 0 Å². The first-order valence-electron chi connectivity index (χ1n) is 7.74. The average molecular weight is 264 g/mol. The number of carbonyl (C=O) groups excluding carboxylic acids is 2. The Bertz CT molecular complexity index is 364. The van der Waals surface area contributed by atoms with Gasteiger partial charge in [0.25, 0.3) is 0 Å². The molecule has 0 radical (unpaired) electrons. The van der Waals surface area contributed by atoms with E-state index in [9.17, 15) is 9.59 Å². The van der Waals surface area contributed by atoms with Gasteiger partial charge in [0.2, 0.25) is 11.8 Å². The van der Waals surface area contributed by atoms with E-state index in [1.165, 1.54) is 38.5 Å². The fraction of sp³-hybridized carbons (Fsp3) is 0.867. The van der Waals surface area contributed by atoms with E-state index in [1.807, 2.05) is 0 Å². The third kappa shape index (κ3) is 2.63. The fourth-order valence-electron chi connectivity index (χ4n) is 4.03. The molecule has 106 valence electrons. The molecule has 1 atom stereocenters. The second-order valence-electron chi connectivity index (χ2n) is 6.61. The highest BCUT2D eigenvalue weighted by molar-refractivity contribution is 5.84. The average Bonchev–Trinajstić information content (AvgIpc) is 2.83. The van der Waals surface area contributed by atoms with Crippen LogP contribution in [0.2, 0.25) is 0 Å². The van der Waals surface area contributed by atoms with Crippen LogP contribution in [-0.4, -0.2) is 36.3 Å². The molecule has 2 heterocycles. The van der Waals surface area contributed by atoms with Crippen molar-refractivity contribution in [1.82, 2.24) is 10.2 Å². The van der Waals surface area contributed by atoms with Crippen LogP contribution in [0.3, 0.4) is 0 Å². The first kappa shape index (κ1) is 12.9. The fourth-order valence-corrected chi connectivity index (χ4v) is 4.03. The molecule has 2 aliphatic heterocycles. The van der Waals surface area contributed by atoms with Crippen LogP contribution in [0.25, 0.3) is 0 Å². The number of hydrogen-bond donors (Lipinski definition) is 1. The standard InChI is InChI=1S/C15H24N2O2/c18-13-5-4-12(10-16-13)14(19)17-9-8-15(11-17)6-2-1-3-7-15/h12H,1-11H2,(H,16,18)/t12-/m0/s1. The molecule has 1 spiro atoms. The highest BCUT2D eigenvalue weighted by Crippen LogP contribution is 2.44. The van der Waals surface area contributed by atoms with Gasteiger partial charge in [0.1, 0.15) is 0 Å². The topological polar surface area (TPSA) is 49.4 Å². The number of amides is 2. The number of likely N-dealkylation sites (tertiary alicyclic amines) is 1. The molecule has 0 bridgehead atoms. The molecule has 4 heteroatoms. The number of carbonyl (C=O) groups is 2. The minimum atomic E-state index is 0.0245. The Balaban J connectivity index is 1.58. The van der Waals surface area contributed by atoms with Crippen LogP contribution in [-0.2, 0) is 9.59 Å². The SMILES string of the molecule is O=C1CC[C@H](C(=O)N2CCC3(CCCCC3)C2)CN1. The predicted molar refractivity (Wildman–Crippen MR) is 72.4 cm³/mol. The maximum Gasteiger partial charge on any atom is 0.227 e. The summed E-state index contributed by atoms with van der Waals surface area (Å²) in [5, 5.41) is 2.82. The summed E-state index contributed by atoms with van der Waals surface area (Å²) in [4.78, 5) is 25.7. The van der Waals surface area contributed by atoms with Crippen molar-refractivity contribution in [1.29, 1.82) is 0 Å². The molecular weight excluding hydrogens is 240 g/mol. The van der Waals surface area contributed by atoms with E-state index < -0.39 is 0 Å². The van der Waals surface area contributed by atoms with Gasteiger partial charge in [0, 0.05) is 26.1 Å². The second-order valence-corrected chi connectivity index (χ2v) is 6.61. The Morgan fingerprint density at radius 1 is 1.21 bits per heavy atom. The number of nitrogens with one attached hydrogen (secondary N) is 1. The summed E-state index contributed by atoms with van der Waals surface area (Å²) >= 11 is 0. The summed E-state index contributed by atoms with van der Waals surface area (Å²) in [7, 11) is 0. The van der Waals surface area contributed by atoms with Crippen LogP contribution in [0.1, 0.15) is 51.4 Å². The highest BCUT2D eigenvalue weighted by atomic mass is 16.2. The van der Waals surface area contributed by atoms with Crippen molar-refractivity contribution in [2.75, 3.05) is 19.6 Å². The van der Waals surface area contributed by atoms with E-state index >= 15 is 0 Å². The quantitative estimate of drug-likeness (QED) is 0.783. The van der Waals surface area contributed by atoms with E-state index in [1.54, 1.807) is 0 Å². The van der Waals surface area contributed by atoms with Crippen LogP contribution >= 0.6 is 0 Å². The molecule has 0 aromatic heterocycles. The molecule has 0 unspecified atom stereocenters. The van der Waals surface area contributed by atoms with Gasteiger partial charge >= 0.3 is 0 Å². The summed E-state index contributed by atoms with van der Waals surface area (Å²) in [6.07, 6.45) is 9.07. The third-order valence-electron chi connectivity index (χ3n) is 5.28. The zero-order valence-corrected chi connectivity index (χ0v) is 11.6. The van der Waals surface area contributed by atoms with Gasteiger partial charge in [0.05, 0.1) is 5.92 Å². The Hall–Kier alpha value is -1.06.